The lowest BCUT2D eigenvalue weighted by Crippen LogP contribution is -2.19. The van der Waals surface area contributed by atoms with E-state index in [-0.39, 0.29) is 0 Å². The average molecular weight is 278 g/mol. The lowest BCUT2D eigenvalue weighted by Gasteiger charge is -2.11. The van der Waals surface area contributed by atoms with Gasteiger partial charge in [0.1, 0.15) is 11.3 Å². The summed E-state index contributed by atoms with van der Waals surface area (Å²) in [6.07, 6.45) is 0. The highest BCUT2D eigenvalue weighted by atomic mass is 16.5. The molecule has 6 nitrogen and oxygen atoms in total. The minimum absolute atomic E-state index is 0.487. The fourth-order valence-corrected chi connectivity index (χ4v) is 2.04. The van der Waals surface area contributed by atoms with Crippen LogP contribution in [0.25, 0.3) is 11.0 Å². The number of rotatable bonds is 7. The van der Waals surface area contributed by atoms with Gasteiger partial charge < -0.3 is 24.7 Å². The van der Waals surface area contributed by atoms with Gasteiger partial charge in [0.2, 0.25) is 5.95 Å². The molecule has 2 N–H and O–H groups in total. The summed E-state index contributed by atoms with van der Waals surface area (Å²) >= 11 is 0. The maximum absolute atomic E-state index is 5.97. The Kier molecular flexibility index (Phi) is 4.81. The second kappa shape index (κ2) is 6.58. The molecule has 0 aliphatic carbocycles. The number of likely N-dealkylation sites (N-methyl/N-ethyl adjacent to an activating group) is 1. The number of methoxy groups -OCH3 is 1. The van der Waals surface area contributed by atoms with Gasteiger partial charge in [-0.25, -0.2) is 4.98 Å². The fourth-order valence-electron chi connectivity index (χ4n) is 2.04. The van der Waals surface area contributed by atoms with E-state index in [1.54, 1.807) is 7.11 Å². The molecule has 1 heterocycles. The molecule has 1 aromatic heterocycles. The Hall–Kier alpha value is -1.79. The summed E-state index contributed by atoms with van der Waals surface area (Å²) in [7, 11) is 5.68. The van der Waals surface area contributed by atoms with Gasteiger partial charge >= 0.3 is 0 Å². The summed E-state index contributed by atoms with van der Waals surface area (Å²) in [5, 5.41) is 0. The number of ether oxygens (including phenoxy) is 2. The van der Waals surface area contributed by atoms with Crippen molar-refractivity contribution >= 4 is 17.0 Å². The fraction of sp³-hybridized carbons (Fsp3) is 0.500. The van der Waals surface area contributed by atoms with E-state index in [1.807, 2.05) is 36.9 Å². The molecular weight excluding hydrogens is 256 g/mol. The highest BCUT2D eigenvalue weighted by molar-refractivity contribution is 5.84. The van der Waals surface area contributed by atoms with E-state index < -0.39 is 0 Å². The van der Waals surface area contributed by atoms with Gasteiger partial charge in [0.15, 0.2) is 0 Å². The summed E-state index contributed by atoms with van der Waals surface area (Å²) in [6.45, 7) is 2.92. The van der Waals surface area contributed by atoms with Gasteiger partial charge in [0, 0.05) is 13.1 Å². The topological polar surface area (TPSA) is 65.5 Å². The van der Waals surface area contributed by atoms with Gasteiger partial charge in [0.25, 0.3) is 0 Å². The van der Waals surface area contributed by atoms with Crippen LogP contribution in [0.1, 0.15) is 0 Å². The molecule has 0 amide bonds. The molecule has 0 spiro atoms. The van der Waals surface area contributed by atoms with Crippen LogP contribution in [0.4, 0.5) is 5.95 Å². The first kappa shape index (κ1) is 14.6. The van der Waals surface area contributed by atoms with Crippen molar-refractivity contribution < 1.29 is 9.47 Å². The van der Waals surface area contributed by atoms with Gasteiger partial charge in [0.05, 0.1) is 25.8 Å². The molecule has 20 heavy (non-hydrogen) atoms. The van der Waals surface area contributed by atoms with Gasteiger partial charge in [-0.1, -0.05) is 6.07 Å². The van der Waals surface area contributed by atoms with Crippen molar-refractivity contribution in [2.75, 3.05) is 46.7 Å². The summed E-state index contributed by atoms with van der Waals surface area (Å²) < 4.78 is 12.9. The number of benzene rings is 1. The molecule has 0 aliphatic heterocycles. The SMILES string of the molecule is COc1cccc2c1nc(N)n2CCOCCN(C)C. The maximum atomic E-state index is 5.97. The molecule has 0 atom stereocenters. The number of hydrogen-bond acceptors (Lipinski definition) is 5. The van der Waals surface area contributed by atoms with Crippen LogP contribution in [-0.4, -0.2) is 55.4 Å². The van der Waals surface area contributed by atoms with Crippen molar-refractivity contribution in [2.24, 2.45) is 0 Å². The summed E-state index contributed by atoms with van der Waals surface area (Å²) in [4.78, 5) is 6.45. The Balaban J connectivity index is 2.05. The highest BCUT2D eigenvalue weighted by Gasteiger charge is 2.11. The molecule has 1 aromatic carbocycles. The largest absolute Gasteiger partial charge is 0.494 e. The van der Waals surface area contributed by atoms with E-state index in [1.165, 1.54) is 0 Å². The van der Waals surface area contributed by atoms with Crippen LogP contribution in [0, 0.1) is 0 Å². The molecule has 110 valence electrons. The number of nitrogens with zero attached hydrogens (tertiary/aromatic N) is 3. The molecule has 0 fully saturated rings. The number of para-hydroxylation sites is 1. The average Bonchev–Trinajstić information content (AvgIpc) is 2.74. The third-order valence-electron chi connectivity index (χ3n) is 3.13. The molecule has 0 aliphatic rings. The number of hydrogen-bond donors (Lipinski definition) is 1. The highest BCUT2D eigenvalue weighted by Crippen LogP contribution is 2.26. The third kappa shape index (κ3) is 3.20. The van der Waals surface area contributed by atoms with Crippen LogP contribution in [0.3, 0.4) is 0 Å². The van der Waals surface area contributed by atoms with Crippen LogP contribution in [0.15, 0.2) is 18.2 Å². The Morgan fingerprint density at radius 2 is 2.10 bits per heavy atom. The summed E-state index contributed by atoms with van der Waals surface area (Å²) in [5.74, 6) is 1.22. The molecule has 6 heteroatoms. The molecule has 0 radical (unpaired) electrons. The zero-order valence-corrected chi connectivity index (χ0v) is 12.3. The molecule has 0 unspecified atom stereocenters. The van der Waals surface area contributed by atoms with Crippen molar-refractivity contribution in [3.05, 3.63) is 18.2 Å². The molecule has 2 aromatic rings. The number of fused-ring (bicyclic) bond motifs is 1. The van der Waals surface area contributed by atoms with Crippen molar-refractivity contribution in [1.29, 1.82) is 0 Å². The van der Waals surface area contributed by atoms with E-state index in [2.05, 4.69) is 9.88 Å². The monoisotopic (exact) mass is 278 g/mol. The first-order chi connectivity index (χ1) is 9.63. The van der Waals surface area contributed by atoms with Crippen molar-refractivity contribution in [2.45, 2.75) is 6.54 Å². The summed E-state index contributed by atoms with van der Waals surface area (Å²) in [5.41, 5.74) is 7.74. The van der Waals surface area contributed by atoms with Crippen LogP contribution in [0.5, 0.6) is 5.75 Å². The standard InChI is InChI=1S/C14H22N4O2/c1-17(2)7-9-20-10-8-18-11-5-4-6-12(19-3)13(11)16-14(18)15/h4-6H,7-10H2,1-3H3,(H2,15,16). The van der Waals surface area contributed by atoms with Crippen LogP contribution < -0.4 is 10.5 Å². The second-order valence-electron chi connectivity index (χ2n) is 4.87. The number of imidazole rings is 1. The van der Waals surface area contributed by atoms with Gasteiger partial charge in [-0.05, 0) is 26.2 Å². The molecule has 0 bridgehead atoms. The Morgan fingerprint density at radius 3 is 2.80 bits per heavy atom. The van der Waals surface area contributed by atoms with Crippen LogP contribution in [0.2, 0.25) is 0 Å². The first-order valence-corrected chi connectivity index (χ1v) is 6.64. The van der Waals surface area contributed by atoms with E-state index in [0.717, 1.165) is 23.3 Å². The molecule has 2 rings (SSSR count). The number of nitrogen functional groups attached to an aromatic ring is 1. The minimum atomic E-state index is 0.487. The zero-order chi connectivity index (χ0) is 14.5. The number of nitrogens with two attached hydrogens (primary N) is 1. The molecule has 0 saturated heterocycles. The van der Waals surface area contributed by atoms with Crippen molar-refractivity contribution in [1.82, 2.24) is 14.5 Å². The van der Waals surface area contributed by atoms with Gasteiger partial charge in [-0.3, -0.25) is 0 Å². The van der Waals surface area contributed by atoms with Gasteiger partial charge in [-0.15, -0.1) is 0 Å². The lowest BCUT2D eigenvalue weighted by molar-refractivity contribution is 0.112. The smallest absolute Gasteiger partial charge is 0.201 e. The Bertz CT molecular complexity index is 566. The predicted octanol–water partition coefficient (Wildman–Crippen LogP) is 1.21. The zero-order valence-electron chi connectivity index (χ0n) is 12.3. The van der Waals surface area contributed by atoms with Crippen LogP contribution in [-0.2, 0) is 11.3 Å². The van der Waals surface area contributed by atoms with E-state index in [0.29, 0.717) is 25.7 Å². The lowest BCUT2D eigenvalue weighted by atomic mass is 10.3. The van der Waals surface area contributed by atoms with Crippen molar-refractivity contribution in [3.63, 3.8) is 0 Å². The number of anilines is 1. The molecule has 0 saturated carbocycles. The van der Waals surface area contributed by atoms with Crippen LogP contribution >= 0.6 is 0 Å². The van der Waals surface area contributed by atoms with E-state index in [9.17, 15) is 0 Å². The Labute approximate surface area is 119 Å². The quantitative estimate of drug-likeness (QED) is 0.771. The third-order valence-corrected chi connectivity index (χ3v) is 3.13. The predicted molar refractivity (Wildman–Crippen MR) is 80.1 cm³/mol. The summed E-state index contributed by atoms with van der Waals surface area (Å²) in [6, 6.07) is 5.80. The van der Waals surface area contributed by atoms with E-state index in [4.69, 9.17) is 15.2 Å². The normalized spacial score (nSPS) is 11.4. The molecular formula is C14H22N4O2. The van der Waals surface area contributed by atoms with Crippen molar-refractivity contribution in [3.8, 4) is 5.75 Å². The van der Waals surface area contributed by atoms with E-state index >= 15 is 0 Å². The first-order valence-electron chi connectivity index (χ1n) is 6.64. The maximum Gasteiger partial charge on any atom is 0.201 e. The number of aromatic nitrogens is 2. The second-order valence-corrected chi connectivity index (χ2v) is 4.87. The van der Waals surface area contributed by atoms with Gasteiger partial charge in [-0.2, -0.15) is 0 Å². The minimum Gasteiger partial charge on any atom is -0.494 e. The Morgan fingerprint density at radius 1 is 1.30 bits per heavy atom.